The van der Waals surface area contributed by atoms with Crippen LogP contribution in [0.5, 0.6) is 11.5 Å². The van der Waals surface area contributed by atoms with Gasteiger partial charge in [-0.05, 0) is 92.1 Å². The average molecular weight is 429 g/mol. The number of carboxylic acids is 1. The van der Waals surface area contributed by atoms with E-state index in [-0.39, 0.29) is 18.3 Å². The second kappa shape index (κ2) is 12.7. The molecule has 0 amide bonds. The number of carbonyl (C=O) groups excluding carboxylic acids is 2. The van der Waals surface area contributed by atoms with Gasteiger partial charge in [-0.3, -0.25) is 4.79 Å². The lowest BCUT2D eigenvalue weighted by atomic mass is 9.93. The van der Waals surface area contributed by atoms with Crippen LogP contribution in [0.3, 0.4) is 0 Å². The van der Waals surface area contributed by atoms with Crippen molar-refractivity contribution >= 4 is 11.8 Å². The van der Waals surface area contributed by atoms with Crippen molar-refractivity contribution in [2.24, 2.45) is 5.73 Å². The molecule has 0 radical (unpaired) electrons. The molecule has 0 heterocycles. The topological polar surface area (TPSA) is 113 Å². The number of Topliss-reactive ketones (excluding diaryl/α,β-unsaturated/α-hetero) is 1. The van der Waals surface area contributed by atoms with Crippen molar-refractivity contribution in [3.63, 3.8) is 0 Å². The summed E-state index contributed by atoms with van der Waals surface area (Å²) in [5.74, 6) is 0.346. The van der Waals surface area contributed by atoms with Gasteiger partial charge >= 0.3 is 0 Å². The van der Waals surface area contributed by atoms with Crippen LogP contribution in [0.15, 0.2) is 30.3 Å². The molecular formula is C25H34NO5-. The van der Waals surface area contributed by atoms with Crippen molar-refractivity contribution in [1.82, 2.24) is 0 Å². The van der Waals surface area contributed by atoms with Crippen LogP contribution >= 0.6 is 0 Å². The highest BCUT2D eigenvalue weighted by atomic mass is 16.5. The summed E-state index contributed by atoms with van der Waals surface area (Å²) in [6, 6.07) is 9.81. The van der Waals surface area contributed by atoms with E-state index in [1.54, 1.807) is 6.07 Å². The van der Waals surface area contributed by atoms with Crippen LogP contribution < -0.4 is 15.6 Å². The maximum Gasteiger partial charge on any atom is 0.170 e. The number of carboxylic acid groups (broad SMARTS) is 1. The number of nitrogens with two attached hydrogens (primary N) is 1. The molecule has 0 atom stereocenters. The number of aliphatic carboxylic acids is 1. The summed E-state index contributed by atoms with van der Waals surface area (Å²) in [7, 11) is 0. The maximum atomic E-state index is 11.8. The van der Waals surface area contributed by atoms with Crippen LogP contribution in [-0.2, 0) is 16.0 Å². The third-order valence-corrected chi connectivity index (χ3v) is 4.82. The largest absolute Gasteiger partial charge is 0.550 e. The smallest absolute Gasteiger partial charge is 0.170 e. The van der Waals surface area contributed by atoms with Gasteiger partial charge in [0, 0.05) is 12.4 Å². The first kappa shape index (κ1) is 26.2. The van der Waals surface area contributed by atoms with Crippen LogP contribution in [0.25, 0.3) is 0 Å². The SMILES string of the molecule is CC(=O)[O-].Cc1cc(OCC(=O)CCCN)cc(C)c1Cc1ccc(O)c(C(C)C)c1. The first-order valence-electron chi connectivity index (χ1n) is 10.5. The molecular weight excluding hydrogens is 394 g/mol. The van der Waals surface area contributed by atoms with Gasteiger partial charge in [-0.1, -0.05) is 26.0 Å². The molecule has 0 saturated heterocycles. The van der Waals surface area contributed by atoms with E-state index in [1.807, 2.05) is 18.2 Å². The molecule has 0 bridgehead atoms. The number of ketones is 1. The summed E-state index contributed by atoms with van der Waals surface area (Å²) in [6.45, 7) is 9.87. The summed E-state index contributed by atoms with van der Waals surface area (Å²) in [6.07, 6.45) is 1.96. The van der Waals surface area contributed by atoms with Gasteiger partial charge in [0.25, 0.3) is 0 Å². The fraction of sp³-hybridized carbons (Fsp3) is 0.440. The van der Waals surface area contributed by atoms with E-state index in [0.29, 0.717) is 25.1 Å². The molecule has 170 valence electrons. The summed E-state index contributed by atoms with van der Waals surface area (Å²) < 4.78 is 5.67. The number of aryl methyl sites for hydroxylation is 2. The Morgan fingerprint density at radius 3 is 2.23 bits per heavy atom. The molecule has 2 rings (SSSR count). The average Bonchev–Trinajstić information content (AvgIpc) is 2.68. The Balaban J connectivity index is 0.00000110. The van der Waals surface area contributed by atoms with Crippen LogP contribution in [0.4, 0.5) is 0 Å². The number of carbonyl (C=O) groups is 2. The van der Waals surface area contributed by atoms with Crippen LogP contribution in [-0.4, -0.2) is 30.0 Å². The molecule has 0 aliphatic carbocycles. The quantitative estimate of drug-likeness (QED) is 0.634. The Morgan fingerprint density at radius 1 is 1.13 bits per heavy atom. The molecule has 6 nitrogen and oxygen atoms in total. The van der Waals surface area contributed by atoms with Crippen LogP contribution in [0.2, 0.25) is 0 Å². The van der Waals surface area contributed by atoms with Gasteiger partial charge in [-0.2, -0.15) is 0 Å². The number of hydrogen-bond acceptors (Lipinski definition) is 6. The lowest BCUT2D eigenvalue weighted by Gasteiger charge is -2.15. The Morgan fingerprint density at radius 2 is 1.71 bits per heavy atom. The Labute approximate surface area is 185 Å². The lowest BCUT2D eigenvalue weighted by molar-refractivity contribution is -0.302. The van der Waals surface area contributed by atoms with E-state index >= 15 is 0 Å². The highest BCUT2D eigenvalue weighted by Gasteiger charge is 2.11. The second-order valence-electron chi connectivity index (χ2n) is 7.97. The van der Waals surface area contributed by atoms with Crippen molar-refractivity contribution in [2.45, 2.75) is 59.8 Å². The van der Waals surface area contributed by atoms with E-state index in [9.17, 15) is 9.90 Å². The standard InChI is InChI=1S/C23H31NO3.C2H4O2/c1-15(2)21-12-18(7-8-23(21)26)13-22-16(3)10-20(11-17(22)4)27-14-19(25)6-5-9-24;1-2(3)4/h7-8,10-12,15,26H,5-6,9,13-14,24H2,1-4H3;1H3,(H,3,4)/p-1. The number of aromatic hydroxyl groups is 1. The first-order valence-corrected chi connectivity index (χ1v) is 10.5. The Hall–Kier alpha value is -2.86. The molecule has 2 aromatic carbocycles. The van der Waals surface area contributed by atoms with E-state index in [2.05, 4.69) is 33.8 Å². The maximum absolute atomic E-state index is 11.8. The summed E-state index contributed by atoms with van der Waals surface area (Å²) in [4.78, 5) is 20.7. The fourth-order valence-corrected chi connectivity index (χ4v) is 3.23. The van der Waals surface area contributed by atoms with Gasteiger partial charge in [0.05, 0.1) is 0 Å². The molecule has 0 aliphatic rings. The fourth-order valence-electron chi connectivity index (χ4n) is 3.23. The van der Waals surface area contributed by atoms with Crippen molar-refractivity contribution in [3.8, 4) is 11.5 Å². The molecule has 0 spiro atoms. The second-order valence-corrected chi connectivity index (χ2v) is 7.97. The highest BCUT2D eigenvalue weighted by Crippen LogP contribution is 2.29. The number of hydrogen-bond donors (Lipinski definition) is 2. The predicted molar refractivity (Wildman–Crippen MR) is 120 cm³/mol. The van der Waals surface area contributed by atoms with E-state index in [1.165, 1.54) is 11.1 Å². The molecule has 0 unspecified atom stereocenters. The summed E-state index contributed by atoms with van der Waals surface area (Å²) >= 11 is 0. The number of phenols is 1. The molecule has 31 heavy (non-hydrogen) atoms. The Bertz CT molecular complexity index is 862. The molecule has 0 aromatic heterocycles. The molecule has 0 fully saturated rings. The number of phenolic OH excluding ortho intramolecular Hbond substituents is 1. The third-order valence-electron chi connectivity index (χ3n) is 4.82. The van der Waals surface area contributed by atoms with Gasteiger partial charge in [0.1, 0.15) is 18.1 Å². The third kappa shape index (κ3) is 9.22. The summed E-state index contributed by atoms with van der Waals surface area (Å²) in [5, 5.41) is 18.9. The van der Waals surface area contributed by atoms with Crippen LogP contribution in [0, 0.1) is 13.8 Å². The first-order chi connectivity index (χ1) is 14.5. The molecule has 6 heteroatoms. The monoisotopic (exact) mass is 428 g/mol. The number of rotatable bonds is 9. The Kier molecular flexibility index (Phi) is 10.8. The van der Waals surface area contributed by atoms with Crippen LogP contribution in [0.1, 0.15) is 67.3 Å². The van der Waals surface area contributed by atoms with Gasteiger partial charge in [-0.25, -0.2) is 0 Å². The minimum atomic E-state index is -1.08. The molecule has 0 aliphatic heterocycles. The number of benzene rings is 2. The number of ether oxygens (including phenoxy) is 1. The van der Waals surface area contributed by atoms with Crippen molar-refractivity contribution in [1.29, 1.82) is 0 Å². The minimum Gasteiger partial charge on any atom is -0.550 e. The van der Waals surface area contributed by atoms with E-state index in [4.69, 9.17) is 20.4 Å². The summed E-state index contributed by atoms with van der Waals surface area (Å²) in [5.41, 5.74) is 11.1. The minimum absolute atomic E-state index is 0.0742. The van der Waals surface area contributed by atoms with Gasteiger partial charge in [0.15, 0.2) is 5.78 Å². The zero-order valence-corrected chi connectivity index (χ0v) is 19.2. The molecule has 3 N–H and O–H groups in total. The zero-order valence-electron chi connectivity index (χ0n) is 19.2. The molecule has 2 aromatic rings. The normalized spacial score (nSPS) is 10.4. The van der Waals surface area contributed by atoms with E-state index < -0.39 is 5.97 Å². The molecule has 0 saturated carbocycles. The lowest BCUT2D eigenvalue weighted by Crippen LogP contribution is -2.16. The van der Waals surface area contributed by atoms with Gasteiger partial charge in [0.2, 0.25) is 0 Å². The van der Waals surface area contributed by atoms with Crippen molar-refractivity contribution in [3.05, 3.63) is 58.1 Å². The zero-order chi connectivity index (χ0) is 23.6. The van der Waals surface area contributed by atoms with Gasteiger partial charge in [-0.15, -0.1) is 0 Å². The predicted octanol–water partition coefficient (Wildman–Crippen LogP) is 3.17. The van der Waals surface area contributed by atoms with E-state index in [0.717, 1.165) is 35.8 Å². The highest BCUT2D eigenvalue weighted by molar-refractivity contribution is 5.79. The van der Waals surface area contributed by atoms with Gasteiger partial charge < -0.3 is 25.5 Å². The van der Waals surface area contributed by atoms with Crippen molar-refractivity contribution < 1.29 is 24.5 Å². The van der Waals surface area contributed by atoms with Crippen molar-refractivity contribution in [2.75, 3.05) is 13.2 Å².